The second-order valence-electron chi connectivity index (χ2n) is 8.69. The highest BCUT2D eigenvalue weighted by Gasteiger charge is 2.32. The maximum Gasteiger partial charge on any atom is 0.246 e. The van der Waals surface area contributed by atoms with Crippen LogP contribution in [0.1, 0.15) is 22.3 Å². The van der Waals surface area contributed by atoms with Crippen molar-refractivity contribution in [2.75, 3.05) is 0 Å². The molecule has 4 aromatic carbocycles. The number of halogens is 1. The van der Waals surface area contributed by atoms with Gasteiger partial charge in [0.05, 0.1) is 0 Å². The van der Waals surface area contributed by atoms with Gasteiger partial charge in [0, 0.05) is 26.2 Å². The minimum absolute atomic E-state index is 0.251. The second kappa shape index (κ2) is 12.8. The van der Waals surface area contributed by atoms with Gasteiger partial charge in [-0.15, -0.1) is 0 Å². The molecule has 4 rings (SSSR count). The average Bonchev–Trinajstić information content (AvgIpc) is 2.93. The standard InChI is InChI=1S/C31H29BrN2O2/c32-29(30(35)33(21-25-13-5-1-6-14-25)22-26-15-7-2-8-16-26)31(36)34(23-27-17-9-3-10-18-27)24-28-19-11-4-12-20-28/h1-20,29H,21-24H2. The predicted molar refractivity (Wildman–Crippen MR) is 147 cm³/mol. The minimum atomic E-state index is -0.989. The largest absolute Gasteiger partial charge is 0.333 e. The summed E-state index contributed by atoms with van der Waals surface area (Å²) in [6.07, 6.45) is 0. The molecule has 0 heterocycles. The summed E-state index contributed by atoms with van der Waals surface area (Å²) in [4.78, 5) is 30.0. The van der Waals surface area contributed by atoms with E-state index in [0.717, 1.165) is 22.3 Å². The van der Waals surface area contributed by atoms with Gasteiger partial charge in [0.25, 0.3) is 0 Å². The molecule has 2 amide bonds. The Bertz CT molecular complexity index is 1050. The van der Waals surface area contributed by atoms with Crippen LogP contribution >= 0.6 is 15.9 Å². The highest BCUT2D eigenvalue weighted by molar-refractivity contribution is 9.10. The Kier molecular flexibility index (Phi) is 9.06. The van der Waals surface area contributed by atoms with Gasteiger partial charge < -0.3 is 9.80 Å². The Morgan fingerprint density at radius 1 is 0.472 bits per heavy atom. The molecule has 0 saturated heterocycles. The van der Waals surface area contributed by atoms with Gasteiger partial charge in [0.2, 0.25) is 11.8 Å². The summed E-state index contributed by atoms with van der Waals surface area (Å²) in [5, 5.41) is 0. The maximum absolute atomic E-state index is 13.7. The van der Waals surface area contributed by atoms with E-state index in [-0.39, 0.29) is 11.8 Å². The monoisotopic (exact) mass is 540 g/mol. The van der Waals surface area contributed by atoms with Crippen molar-refractivity contribution in [1.82, 2.24) is 9.80 Å². The molecule has 0 fully saturated rings. The first-order chi connectivity index (χ1) is 17.6. The van der Waals surface area contributed by atoms with Crippen molar-refractivity contribution in [2.24, 2.45) is 0 Å². The summed E-state index contributed by atoms with van der Waals surface area (Å²) < 4.78 is 0. The molecular weight excluding hydrogens is 512 g/mol. The van der Waals surface area contributed by atoms with Crippen molar-refractivity contribution in [2.45, 2.75) is 31.0 Å². The SMILES string of the molecule is O=C(C(Br)C(=O)N(Cc1ccccc1)Cc1ccccc1)N(Cc1ccccc1)Cc1ccccc1. The maximum atomic E-state index is 13.7. The molecule has 36 heavy (non-hydrogen) atoms. The number of alkyl halides is 1. The lowest BCUT2D eigenvalue weighted by Crippen LogP contribution is -2.45. The van der Waals surface area contributed by atoms with E-state index in [1.54, 1.807) is 9.80 Å². The lowest BCUT2D eigenvalue weighted by Gasteiger charge is -2.29. The molecule has 0 spiro atoms. The Hall–Kier alpha value is -3.70. The molecule has 4 nitrogen and oxygen atoms in total. The van der Waals surface area contributed by atoms with E-state index in [4.69, 9.17) is 0 Å². The number of carbonyl (C=O) groups is 2. The van der Waals surface area contributed by atoms with Gasteiger partial charge in [-0.1, -0.05) is 137 Å². The van der Waals surface area contributed by atoms with Gasteiger partial charge >= 0.3 is 0 Å². The van der Waals surface area contributed by atoms with Gasteiger partial charge in [-0.25, -0.2) is 0 Å². The third-order valence-electron chi connectivity index (χ3n) is 5.92. The first-order valence-corrected chi connectivity index (χ1v) is 12.9. The number of benzene rings is 4. The molecule has 0 unspecified atom stereocenters. The number of carbonyl (C=O) groups excluding carboxylic acids is 2. The zero-order valence-corrected chi connectivity index (χ0v) is 21.6. The molecule has 5 heteroatoms. The summed E-state index contributed by atoms with van der Waals surface area (Å²) in [5.74, 6) is -0.502. The van der Waals surface area contributed by atoms with Gasteiger partial charge in [-0.05, 0) is 22.3 Å². The second-order valence-corrected chi connectivity index (χ2v) is 9.61. The van der Waals surface area contributed by atoms with Crippen molar-refractivity contribution < 1.29 is 9.59 Å². The molecule has 0 aliphatic carbocycles. The van der Waals surface area contributed by atoms with Crippen LogP contribution in [0.2, 0.25) is 0 Å². The molecule has 182 valence electrons. The molecule has 4 aromatic rings. The van der Waals surface area contributed by atoms with Crippen molar-refractivity contribution in [3.05, 3.63) is 144 Å². The molecular formula is C31H29BrN2O2. The van der Waals surface area contributed by atoms with Gasteiger partial charge in [-0.3, -0.25) is 9.59 Å². The van der Waals surface area contributed by atoms with Crippen LogP contribution in [0, 0.1) is 0 Å². The smallest absolute Gasteiger partial charge is 0.246 e. The van der Waals surface area contributed by atoms with Crippen molar-refractivity contribution in [1.29, 1.82) is 0 Å². The zero-order chi connectivity index (χ0) is 25.2. The number of amides is 2. The fourth-order valence-corrected chi connectivity index (χ4v) is 4.64. The Morgan fingerprint density at radius 3 is 0.917 bits per heavy atom. The molecule has 0 aliphatic heterocycles. The van der Waals surface area contributed by atoms with Crippen LogP contribution in [0.15, 0.2) is 121 Å². The number of hydrogen-bond donors (Lipinski definition) is 0. The molecule has 0 atom stereocenters. The molecule has 0 saturated carbocycles. The van der Waals surface area contributed by atoms with E-state index in [2.05, 4.69) is 15.9 Å². The zero-order valence-electron chi connectivity index (χ0n) is 20.0. The number of hydrogen-bond acceptors (Lipinski definition) is 2. The van der Waals surface area contributed by atoms with E-state index in [9.17, 15) is 9.59 Å². The number of nitrogens with zero attached hydrogens (tertiary/aromatic N) is 2. The summed E-state index contributed by atoms with van der Waals surface area (Å²) >= 11 is 3.48. The molecule has 0 aromatic heterocycles. The van der Waals surface area contributed by atoms with E-state index in [0.29, 0.717) is 26.2 Å². The third kappa shape index (κ3) is 7.15. The normalized spacial score (nSPS) is 10.7. The van der Waals surface area contributed by atoms with Gasteiger partial charge in [0.15, 0.2) is 4.83 Å². The summed E-state index contributed by atoms with van der Waals surface area (Å²) in [6.45, 7) is 1.67. The predicted octanol–water partition coefficient (Wildman–Crippen LogP) is 6.21. The molecule has 0 bridgehead atoms. The summed E-state index contributed by atoms with van der Waals surface area (Å²) in [5.41, 5.74) is 4.05. The Labute approximate surface area is 221 Å². The first kappa shape index (κ1) is 25.4. The van der Waals surface area contributed by atoms with E-state index in [1.165, 1.54) is 0 Å². The average molecular weight is 541 g/mol. The third-order valence-corrected chi connectivity index (χ3v) is 6.71. The summed E-state index contributed by atoms with van der Waals surface area (Å²) in [6, 6.07) is 39.4. The van der Waals surface area contributed by atoms with E-state index < -0.39 is 4.83 Å². The summed E-state index contributed by atoms with van der Waals surface area (Å²) in [7, 11) is 0. The van der Waals surface area contributed by atoms with Crippen molar-refractivity contribution in [3.63, 3.8) is 0 Å². The van der Waals surface area contributed by atoms with Crippen LogP contribution in [0.25, 0.3) is 0 Å². The van der Waals surface area contributed by atoms with Gasteiger partial charge in [0.1, 0.15) is 0 Å². The topological polar surface area (TPSA) is 40.6 Å². The van der Waals surface area contributed by atoms with Crippen LogP contribution in [0.4, 0.5) is 0 Å². The van der Waals surface area contributed by atoms with Crippen LogP contribution in [-0.4, -0.2) is 26.4 Å². The highest BCUT2D eigenvalue weighted by atomic mass is 79.9. The van der Waals surface area contributed by atoms with Crippen molar-refractivity contribution in [3.8, 4) is 0 Å². The number of rotatable bonds is 10. The molecule has 0 N–H and O–H groups in total. The highest BCUT2D eigenvalue weighted by Crippen LogP contribution is 2.19. The fraction of sp³-hybridized carbons (Fsp3) is 0.161. The van der Waals surface area contributed by atoms with E-state index >= 15 is 0 Å². The fourth-order valence-electron chi connectivity index (χ4n) is 4.06. The van der Waals surface area contributed by atoms with Crippen molar-refractivity contribution >= 4 is 27.7 Å². The first-order valence-electron chi connectivity index (χ1n) is 12.0. The minimum Gasteiger partial charge on any atom is -0.333 e. The molecule has 0 aliphatic rings. The van der Waals surface area contributed by atoms with Crippen LogP contribution in [-0.2, 0) is 35.8 Å². The molecule has 0 radical (unpaired) electrons. The van der Waals surface area contributed by atoms with Crippen LogP contribution < -0.4 is 0 Å². The van der Waals surface area contributed by atoms with E-state index in [1.807, 2.05) is 121 Å². The Balaban J connectivity index is 1.56. The lowest BCUT2D eigenvalue weighted by atomic mass is 10.1. The van der Waals surface area contributed by atoms with Crippen LogP contribution in [0.3, 0.4) is 0 Å². The van der Waals surface area contributed by atoms with Gasteiger partial charge in [-0.2, -0.15) is 0 Å². The Morgan fingerprint density at radius 2 is 0.694 bits per heavy atom. The quantitative estimate of drug-likeness (QED) is 0.177. The van der Waals surface area contributed by atoms with Crippen LogP contribution in [0.5, 0.6) is 0 Å². The lowest BCUT2D eigenvalue weighted by molar-refractivity contribution is -0.141.